The number of fused-ring (bicyclic) bond motifs is 1. The van der Waals surface area contributed by atoms with Crippen molar-refractivity contribution in [2.24, 2.45) is 0 Å². The molecule has 1 saturated heterocycles. The Morgan fingerprint density at radius 3 is 3.17 bits per heavy atom. The van der Waals surface area contributed by atoms with E-state index in [0.717, 1.165) is 50.6 Å². The molecule has 5 heteroatoms. The van der Waals surface area contributed by atoms with Crippen molar-refractivity contribution in [3.8, 4) is 0 Å². The Morgan fingerprint density at radius 2 is 2.39 bits per heavy atom. The van der Waals surface area contributed by atoms with Crippen LogP contribution in [0.15, 0.2) is 0 Å². The van der Waals surface area contributed by atoms with E-state index in [1.807, 2.05) is 0 Å². The molecule has 100 valence electrons. The third kappa shape index (κ3) is 2.29. The van der Waals surface area contributed by atoms with Crippen LogP contribution in [0, 0.1) is 0 Å². The van der Waals surface area contributed by atoms with E-state index < -0.39 is 0 Å². The first-order valence-corrected chi connectivity index (χ1v) is 7.15. The van der Waals surface area contributed by atoms with Crippen LogP contribution >= 0.6 is 0 Å². The summed E-state index contributed by atoms with van der Waals surface area (Å²) in [7, 11) is 0. The summed E-state index contributed by atoms with van der Waals surface area (Å²) in [5.74, 6) is 2.26. The number of aromatic nitrogens is 3. The molecule has 3 heterocycles. The lowest BCUT2D eigenvalue weighted by atomic mass is 10.1. The van der Waals surface area contributed by atoms with E-state index in [1.54, 1.807) is 0 Å². The minimum Gasteiger partial charge on any atom is -0.378 e. The highest BCUT2D eigenvalue weighted by Gasteiger charge is 2.24. The second kappa shape index (κ2) is 5.36. The molecule has 2 unspecified atom stereocenters. The van der Waals surface area contributed by atoms with Crippen molar-refractivity contribution in [3.63, 3.8) is 0 Å². The van der Waals surface area contributed by atoms with Crippen molar-refractivity contribution in [3.05, 3.63) is 11.6 Å². The van der Waals surface area contributed by atoms with Crippen LogP contribution in [0.5, 0.6) is 0 Å². The standard InChI is InChI=1S/C13H22N4O/c1-2-11-13-16-15-12(17(13)8-7-14-11)6-5-10-4-3-9-18-10/h10-11,14H,2-9H2,1H3. The van der Waals surface area contributed by atoms with Gasteiger partial charge in [0.1, 0.15) is 11.6 Å². The predicted molar refractivity (Wildman–Crippen MR) is 68.4 cm³/mol. The second-order valence-electron chi connectivity index (χ2n) is 5.21. The van der Waals surface area contributed by atoms with Crippen LogP contribution in [0.2, 0.25) is 0 Å². The van der Waals surface area contributed by atoms with Crippen LogP contribution in [-0.2, 0) is 17.7 Å². The lowest BCUT2D eigenvalue weighted by molar-refractivity contribution is 0.104. The summed E-state index contributed by atoms with van der Waals surface area (Å²) in [6.45, 7) is 5.15. The van der Waals surface area contributed by atoms with E-state index in [9.17, 15) is 0 Å². The molecule has 2 aliphatic rings. The predicted octanol–water partition coefficient (Wildman–Crippen LogP) is 1.44. The van der Waals surface area contributed by atoms with Crippen LogP contribution in [0.1, 0.15) is 50.3 Å². The Hall–Kier alpha value is -0.940. The summed E-state index contributed by atoms with van der Waals surface area (Å²) in [5, 5.41) is 12.2. The topological polar surface area (TPSA) is 52.0 Å². The Labute approximate surface area is 108 Å². The lowest BCUT2D eigenvalue weighted by Crippen LogP contribution is -2.34. The van der Waals surface area contributed by atoms with Gasteiger partial charge in [0.05, 0.1) is 12.1 Å². The van der Waals surface area contributed by atoms with Crippen LogP contribution in [0.25, 0.3) is 0 Å². The SMILES string of the molecule is CCC1NCCn2c(CCC3CCCO3)nnc21. The minimum absolute atomic E-state index is 0.378. The number of nitrogens with one attached hydrogen (secondary N) is 1. The van der Waals surface area contributed by atoms with Gasteiger partial charge in [-0.15, -0.1) is 10.2 Å². The molecule has 5 nitrogen and oxygen atoms in total. The van der Waals surface area contributed by atoms with E-state index in [2.05, 4.69) is 27.0 Å². The van der Waals surface area contributed by atoms with Gasteiger partial charge < -0.3 is 14.6 Å². The van der Waals surface area contributed by atoms with Gasteiger partial charge in [0, 0.05) is 26.1 Å². The van der Waals surface area contributed by atoms with Gasteiger partial charge in [-0.05, 0) is 25.7 Å². The normalized spacial score (nSPS) is 27.4. The number of hydrogen-bond acceptors (Lipinski definition) is 4. The number of aryl methyl sites for hydroxylation is 1. The summed E-state index contributed by atoms with van der Waals surface area (Å²) in [4.78, 5) is 0. The van der Waals surface area contributed by atoms with Crippen LogP contribution in [0.4, 0.5) is 0 Å². The summed E-state index contributed by atoms with van der Waals surface area (Å²) >= 11 is 0. The summed E-state index contributed by atoms with van der Waals surface area (Å²) in [6.07, 6.45) is 6.02. The highest BCUT2D eigenvalue weighted by Crippen LogP contribution is 2.21. The smallest absolute Gasteiger partial charge is 0.150 e. The average molecular weight is 250 g/mol. The van der Waals surface area contributed by atoms with Gasteiger partial charge in [-0.2, -0.15) is 0 Å². The molecular formula is C13H22N4O. The van der Waals surface area contributed by atoms with Gasteiger partial charge in [-0.25, -0.2) is 0 Å². The van der Waals surface area contributed by atoms with E-state index in [1.165, 1.54) is 12.8 Å². The molecule has 0 aliphatic carbocycles. The van der Waals surface area contributed by atoms with Gasteiger partial charge in [-0.1, -0.05) is 6.92 Å². The van der Waals surface area contributed by atoms with Gasteiger partial charge in [0.25, 0.3) is 0 Å². The summed E-state index contributed by atoms with van der Waals surface area (Å²) < 4.78 is 7.97. The van der Waals surface area contributed by atoms with E-state index in [0.29, 0.717) is 12.1 Å². The molecule has 2 aliphatic heterocycles. The van der Waals surface area contributed by atoms with Crippen molar-refractivity contribution in [1.82, 2.24) is 20.1 Å². The Bertz CT molecular complexity index is 398. The fraction of sp³-hybridized carbons (Fsp3) is 0.846. The number of hydrogen-bond donors (Lipinski definition) is 1. The third-order valence-electron chi connectivity index (χ3n) is 4.02. The monoisotopic (exact) mass is 250 g/mol. The Balaban J connectivity index is 1.67. The fourth-order valence-electron chi connectivity index (χ4n) is 2.97. The minimum atomic E-state index is 0.378. The highest BCUT2D eigenvalue weighted by molar-refractivity contribution is 5.04. The maximum absolute atomic E-state index is 5.67. The van der Waals surface area contributed by atoms with Gasteiger partial charge >= 0.3 is 0 Å². The molecule has 3 rings (SSSR count). The molecular weight excluding hydrogens is 228 g/mol. The maximum atomic E-state index is 5.67. The first-order chi connectivity index (χ1) is 8.88. The van der Waals surface area contributed by atoms with Gasteiger partial charge in [-0.3, -0.25) is 0 Å². The van der Waals surface area contributed by atoms with Gasteiger partial charge in [0.15, 0.2) is 0 Å². The zero-order valence-corrected chi connectivity index (χ0v) is 11.1. The molecule has 1 N–H and O–H groups in total. The van der Waals surface area contributed by atoms with Crippen LogP contribution in [-0.4, -0.2) is 34.0 Å². The first kappa shape index (κ1) is 12.1. The molecule has 2 atom stereocenters. The number of rotatable bonds is 4. The molecule has 0 amide bonds. The van der Waals surface area contributed by atoms with Crippen molar-refractivity contribution >= 4 is 0 Å². The summed E-state index contributed by atoms with van der Waals surface area (Å²) in [5.41, 5.74) is 0. The van der Waals surface area contributed by atoms with Crippen molar-refractivity contribution in [1.29, 1.82) is 0 Å². The third-order valence-corrected chi connectivity index (χ3v) is 4.02. The second-order valence-corrected chi connectivity index (χ2v) is 5.21. The highest BCUT2D eigenvalue weighted by atomic mass is 16.5. The van der Waals surface area contributed by atoms with Crippen molar-refractivity contribution in [2.45, 2.75) is 57.7 Å². The van der Waals surface area contributed by atoms with Crippen LogP contribution in [0.3, 0.4) is 0 Å². The van der Waals surface area contributed by atoms with Crippen molar-refractivity contribution in [2.75, 3.05) is 13.2 Å². The van der Waals surface area contributed by atoms with E-state index in [-0.39, 0.29) is 0 Å². The first-order valence-electron chi connectivity index (χ1n) is 7.15. The maximum Gasteiger partial charge on any atom is 0.150 e. The molecule has 1 aromatic heterocycles. The summed E-state index contributed by atoms with van der Waals surface area (Å²) in [6, 6.07) is 0.378. The zero-order chi connectivity index (χ0) is 12.4. The molecule has 0 aromatic carbocycles. The average Bonchev–Trinajstić information content (AvgIpc) is 3.05. The van der Waals surface area contributed by atoms with Crippen molar-refractivity contribution < 1.29 is 4.74 Å². The largest absolute Gasteiger partial charge is 0.378 e. The van der Waals surface area contributed by atoms with Gasteiger partial charge in [0.2, 0.25) is 0 Å². The molecule has 0 spiro atoms. The van der Waals surface area contributed by atoms with Crippen LogP contribution < -0.4 is 5.32 Å². The fourth-order valence-corrected chi connectivity index (χ4v) is 2.97. The Morgan fingerprint density at radius 1 is 1.44 bits per heavy atom. The molecule has 0 saturated carbocycles. The van der Waals surface area contributed by atoms with E-state index >= 15 is 0 Å². The number of nitrogens with zero attached hydrogens (tertiary/aromatic N) is 3. The molecule has 0 radical (unpaired) electrons. The molecule has 0 bridgehead atoms. The molecule has 18 heavy (non-hydrogen) atoms. The lowest BCUT2D eigenvalue weighted by Gasteiger charge is -2.24. The Kier molecular flexibility index (Phi) is 3.61. The molecule has 1 fully saturated rings. The zero-order valence-electron chi connectivity index (χ0n) is 11.1. The molecule has 1 aromatic rings. The quantitative estimate of drug-likeness (QED) is 0.878. The van der Waals surface area contributed by atoms with E-state index in [4.69, 9.17) is 4.74 Å². The number of ether oxygens (including phenoxy) is 1.